The fraction of sp³-hybridized carbons (Fsp3) is 0.258. The van der Waals surface area contributed by atoms with Gasteiger partial charge in [0, 0.05) is 17.0 Å². The Morgan fingerprint density at radius 1 is 1.04 bits per heavy atom. The van der Waals surface area contributed by atoms with Crippen LogP contribution >= 0.6 is 24.0 Å². The van der Waals surface area contributed by atoms with Crippen LogP contribution in [0, 0.1) is 6.92 Å². The molecule has 246 valence electrons. The quantitative estimate of drug-likeness (QED) is 0.0911. The lowest BCUT2D eigenvalue weighted by atomic mass is 9.98. The number of hydrogen-bond acceptors (Lipinski definition) is 6. The van der Waals surface area contributed by atoms with E-state index < -0.39 is 18.6 Å². The van der Waals surface area contributed by atoms with Crippen molar-refractivity contribution in [2.75, 3.05) is 10.7 Å². The van der Waals surface area contributed by atoms with Crippen molar-refractivity contribution in [3.8, 4) is 22.8 Å². The molecule has 8 nitrogen and oxygen atoms in total. The highest BCUT2D eigenvalue weighted by atomic mass is 32.2. The highest BCUT2D eigenvalue weighted by Gasteiger charge is 2.50. The van der Waals surface area contributed by atoms with E-state index >= 15 is 0 Å². The first-order chi connectivity index (χ1) is 22.2. The molecule has 0 bridgehead atoms. The molecule has 16 heteroatoms. The smallest absolute Gasteiger partial charge is 0.406 e. The van der Waals surface area contributed by atoms with Gasteiger partial charge in [-0.1, -0.05) is 62.0 Å². The van der Waals surface area contributed by atoms with Crippen molar-refractivity contribution in [1.82, 2.24) is 20.2 Å². The Labute approximate surface area is 275 Å². The Morgan fingerprint density at radius 3 is 2.38 bits per heavy atom. The van der Waals surface area contributed by atoms with E-state index in [1.54, 1.807) is 30.3 Å². The number of benzene rings is 3. The average Bonchev–Trinajstić information content (AvgIpc) is 3.65. The minimum atomic E-state index is -4.78. The molecule has 1 aromatic heterocycles. The van der Waals surface area contributed by atoms with E-state index in [0.717, 1.165) is 22.9 Å². The van der Waals surface area contributed by atoms with Crippen LogP contribution in [-0.4, -0.2) is 55.6 Å². The number of rotatable bonds is 7. The zero-order valence-electron chi connectivity index (χ0n) is 25.0. The Kier molecular flexibility index (Phi) is 9.91. The van der Waals surface area contributed by atoms with E-state index in [1.165, 1.54) is 46.4 Å². The normalized spacial score (nSPS) is 16.4. The van der Waals surface area contributed by atoms with Crippen LogP contribution in [0.2, 0.25) is 0 Å². The summed E-state index contributed by atoms with van der Waals surface area (Å²) in [4.78, 5) is 9.78. The summed E-state index contributed by atoms with van der Waals surface area (Å²) < 4.78 is 84.8. The molecule has 0 saturated carbocycles. The van der Waals surface area contributed by atoms with Gasteiger partial charge in [0.25, 0.3) is 0 Å². The van der Waals surface area contributed by atoms with Crippen LogP contribution in [0.15, 0.2) is 83.2 Å². The molecule has 1 atom stereocenters. The van der Waals surface area contributed by atoms with E-state index in [1.807, 2.05) is 32.9 Å². The first-order valence-electron chi connectivity index (χ1n) is 14.1. The predicted octanol–water partition coefficient (Wildman–Crippen LogP) is 8.01. The summed E-state index contributed by atoms with van der Waals surface area (Å²) in [5, 5.41) is 8.51. The zero-order chi connectivity index (χ0) is 33.9. The maximum atomic E-state index is 14.1. The summed E-state index contributed by atoms with van der Waals surface area (Å²) in [5.41, 5.74) is 6.49. The van der Waals surface area contributed by atoms with Crippen molar-refractivity contribution in [1.29, 1.82) is 0 Å². The summed E-state index contributed by atoms with van der Waals surface area (Å²) >= 11 is 6.28. The number of nitrogens with one attached hydrogen (secondary N) is 1. The number of thiocarbonyl (C=S) groups is 1. The second kappa shape index (κ2) is 13.7. The lowest BCUT2D eigenvalue weighted by Crippen LogP contribution is -2.45. The van der Waals surface area contributed by atoms with E-state index in [9.17, 15) is 26.3 Å². The maximum Gasteiger partial charge on any atom is 0.573 e. The van der Waals surface area contributed by atoms with Crippen molar-refractivity contribution in [2.45, 2.75) is 45.3 Å². The van der Waals surface area contributed by atoms with E-state index in [-0.39, 0.29) is 27.7 Å². The van der Waals surface area contributed by atoms with Crippen LogP contribution in [0.5, 0.6) is 5.75 Å². The number of amidine groups is 1. The summed E-state index contributed by atoms with van der Waals surface area (Å²) in [6.45, 7) is 5.68. The molecule has 1 saturated heterocycles. The van der Waals surface area contributed by atoms with Gasteiger partial charge in [-0.05, 0) is 72.1 Å². The number of hydrazone groups is 1. The summed E-state index contributed by atoms with van der Waals surface area (Å²) in [6, 6.07) is 15.9. The lowest BCUT2D eigenvalue weighted by molar-refractivity contribution is -0.274. The van der Waals surface area contributed by atoms with Crippen molar-refractivity contribution < 1.29 is 31.1 Å². The number of aromatic nitrogens is 3. The Bertz CT molecular complexity index is 1790. The predicted molar refractivity (Wildman–Crippen MR) is 174 cm³/mol. The summed E-state index contributed by atoms with van der Waals surface area (Å²) in [6.07, 6.45) is -6.35. The molecule has 4 aromatic rings. The fourth-order valence-electron chi connectivity index (χ4n) is 4.69. The monoisotopic (exact) mass is 691 g/mol. The van der Waals surface area contributed by atoms with Gasteiger partial charge in [0.15, 0.2) is 11.0 Å². The van der Waals surface area contributed by atoms with Gasteiger partial charge in [-0.25, -0.2) is 9.67 Å². The van der Waals surface area contributed by atoms with Gasteiger partial charge in [-0.3, -0.25) is 5.43 Å². The molecule has 0 aliphatic carbocycles. The Hall–Kier alpha value is -4.44. The first kappa shape index (κ1) is 33.9. The number of thioether (sulfide) groups is 1. The number of anilines is 1. The molecule has 1 aliphatic heterocycles. The topological polar surface area (TPSA) is 79.9 Å². The van der Waals surface area contributed by atoms with Gasteiger partial charge in [0.05, 0.1) is 11.9 Å². The Balaban J connectivity index is 1.25. The average molecular weight is 692 g/mol. The standard InChI is InChI=1S/C31H27F6N7OS2/c1-18(2)24-13-4-19(3)14-25(24)44-26(30(32,33)34)16-47-29(44)40-28(46)41-39-15-20-5-7-21(8-6-20)27-38-17-43(42-27)22-9-11-23(12-10-22)45-31(35,36)37/h4-15,17-18,26H,16H2,1-3H3,(H,41,46)/b39-15+,40-29?. The van der Waals surface area contributed by atoms with Crippen molar-refractivity contribution in [2.24, 2.45) is 10.1 Å². The highest BCUT2D eigenvalue weighted by molar-refractivity contribution is 8.14. The molecule has 0 amide bonds. The molecule has 0 spiro atoms. The molecule has 3 aromatic carbocycles. The zero-order valence-corrected chi connectivity index (χ0v) is 26.7. The van der Waals surface area contributed by atoms with Gasteiger partial charge in [0.1, 0.15) is 18.1 Å². The second-order valence-electron chi connectivity index (χ2n) is 10.7. The molecular weight excluding hydrogens is 665 g/mol. The van der Waals surface area contributed by atoms with Gasteiger partial charge in [0.2, 0.25) is 5.11 Å². The molecule has 0 radical (unpaired) electrons. The minimum Gasteiger partial charge on any atom is -0.406 e. The van der Waals surface area contributed by atoms with Gasteiger partial charge in [-0.15, -0.1) is 18.3 Å². The number of alkyl halides is 6. The molecule has 1 aliphatic rings. The molecule has 47 heavy (non-hydrogen) atoms. The van der Waals surface area contributed by atoms with Crippen molar-refractivity contribution in [3.05, 3.63) is 89.7 Å². The lowest BCUT2D eigenvalue weighted by Gasteiger charge is -2.30. The molecular formula is C31H27F6N7OS2. The third-order valence-electron chi connectivity index (χ3n) is 6.90. The molecule has 1 N–H and O–H groups in total. The van der Waals surface area contributed by atoms with Crippen LogP contribution in [0.25, 0.3) is 17.1 Å². The van der Waals surface area contributed by atoms with Crippen LogP contribution in [0.1, 0.15) is 36.5 Å². The molecule has 1 unspecified atom stereocenters. The molecule has 1 fully saturated rings. The molecule has 2 heterocycles. The number of aliphatic imine (C=N–C) groups is 1. The minimum absolute atomic E-state index is 0.0126. The van der Waals surface area contributed by atoms with Crippen LogP contribution < -0.4 is 15.1 Å². The third-order valence-corrected chi connectivity index (χ3v) is 8.11. The number of nitrogens with zero attached hydrogens (tertiary/aromatic N) is 6. The number of aryl methyl sites for hydroxylation is 1. The van der Waals surface area contributed by atoms with Crippen molar-refractivity contribution in [3.63, 3.8) is 0 Å². The van der Waals surface area contributed by atoms with Crippen LogP contribution in [0.3, 0.4) is 0 Å². The maximum absolute atomic E-state index is 14.1. The summed E-state index contributed by atoms with van der Waals surface area (Å²) in [5.74, 6) is -0.202. The Morgan fingerprint density at radius 2 is 1.74 bits per heavy atom. The van der Waals surface area contributed by atoms with Gasteiger partial charge in [-0.2, -0.15) is 23.3 Å². The fourth-order valence-corrected chi connectivity index (χ4v) is 6.05. The SMILES string of the molecule is Cc1ccc(C(C)C)c(N2C(=NC(=S)N/N=C/c3ccc(-c4ncn(-c5ccc(OC(F)(F)F)cc5)n4)cc3)SCC2C(F)(F)F)c1. The largest absolute Gasteiger partial charge is 0.573 e. The third kappa shape index (κ3) is 8.48. The van der Waals surface area contributed by atoms with E-state index in [4.69, 9.17) is 12.2 Å². The highest BCUT2D eigenvalue weighted by Crippen LogP contribution is 2.41. The molecule has 5 rings (SSSR count). The van der Waals surface area contributed by atoms with Gasteiger partial charge >= 0.3 is 12.5 Å². The first-order valence-corrected chi connectivity index (χ1v) is 15.5. The van der Waals surface area contributed by atoms with Crippen LogP contribution in [0.4, 0.5) is 32.0 Å². The number of ether oxygens (including phenoxy) is 1. The number of hydrogen-bond donors (Lipinski definition) is 1. The van der Waals surface area contributed by atoms with Crippen LogP contribution in [-0.2, 0) is 0 Å². The van der Waals surface area contributed by atoms with Crippen molar-refractivity contribution >= 4 is 46.2 Å². The van der Waals surface area contributed by atoms with Gasteiger partial charge < -0.3 is 9.64 Å². The second-order valence-corrected chi connectivity index (χ2v) is 12.1. The van der Waals surface area contributed by atoms with E-state index in [0.29, 0.717) is 28.3 Å². The summed E-state index contributed by atoms with van der Waals surface area (Å²) in [7, 11) is 0. The number of halogens is 6. The van der Waals surface area contributed by atoms with E-state index in [2.05, 4.69) is 30.3 Å².